The molecule has 134 valence electrons. The van der Waals surface area contributed by atoms with E-state index in [0.29, 0.717) is 28.2 Å². The van der Waals surface area contributed by atoms with Crippen molar-refractivity contribution in [3.05, 3.63) is 60.0 Å². The van der Waals surface area contributed by atoms with E-state index < -0.39 is 10.0 Å². The van der Waals surface area contributed by atoms with Crippen LogP contribution in [0, 0.1) is 6.92 Å². The quantitative estimate of drug-likeness (QED) is 0.672. The topological polar surface area (TPSA) is 101 Å². The minimum absolute atomic E-state index is 0.165. The molecule has 26 heavy (non-hydrogen) atoms. The van der Waals surface area contributed by atoms with Gasteiger partial charge in [0.25, 0.3) is 0 Å². The maximum atomic E-state index is 12.1. The van der Waals surface area contributed by atoms with Crippen LogP contribution in [0.2, 0.25) is 0 Å². The van der Waals surface area contributed by atoms with Gasteiger partial charge in [-0.25, -0.2) is 18.1 Å². The molecule has 0 atom stereocenters. The molecular formula is C18H17N3O4S. The van der Waals surface area contributed by atoms with E-state index >= 15 is 0 Å². The summed E-state index contributed by atoms with van der Waals surface area (Å²) < 4.78 is 31.0. The monoisotopic (exact) mass is 371 g/mol. The van der Waals surface area contributed by atoms with Crippen LogP contribution in [-0.2, 0) is 14.8 Å². The van der Waals surface area contributed by atoms with E-state index in [1.165, 1.54) is 25.3 Å². The first-order valence-corrected chi connectivity index (χ1v) is 9.25. The van der Waals surface area contributed by atoms with Crippen molar-refractivity contribution < 1.29 is 17.6 Å². The minimum Gasteiger partial charge on any atom is -0.441 e. The summed E-state index contributed by atoms with van der Waals surface area (Å²) in [5.41, 5.74) is 2.65. The molecule has 2 N–H and O–H groups in total. The SMILES string of the molecule is CNS(=O)(=O)c1ccc(/C=C/C(=O)Nc2ccc3oc(C)nc3c2)cc1. The van der Waals surface area contributed by atoms with Gasteiger partial charge in [0.2, 0.25) is 15.9 Å². The standard InChI is InChI=1S/C18H17N3O4S/c1-12-20-16-11-14(6-9-17(16)25-12)21-18(22)10-5-13-3-7-15(8-4-13)26(23,24)19-2/h3-11,19H,1-2H3,(H,21,22)/b10-5+. The van der Waals surface area contributed by atoms with Crippen molar-refractivity contribution in [1.29, 1.82) is 0 Å². The van der Waals surface area contributed by atoms with Crippen LogP contribution in [0.3, 0.4) is 0 Å². The number of nitrogens with one attached hydrogen (secondary N) is 2. The molecule has 0 bridgehead atoms. The van der Waals surface area contributed by atoms with Crippen molar-refractivity contribution in [1.82, 2.24) is 9.71 Å². The molecule has 0 saturated heterocycles. The number of fused-ring (bicyclic) bond motifs is 1. The molecule has 1 amide bonds. The average Bonchev–Trinajstić information content (AvgIpc) is 2.99. The zero-order valence-corrected chi connectivity index (χ0v) is 15.0. The third-order valence-electron chi connectivity index (χ3n) is 3.65. The number of oxazole rings is 1. The summed E-state index contributed by atoms with van der Waals surface area (Å²) >= 11 is 0. The Balaban J connectivity index is 1.68. The van der Waals surface area contributed by atoms with Crippen molar-refractivity contribution in [2.75, 3.05) is 12.4 Å². The number of aromatic nitrogens is 1. The van der Waals surface area contributed by atoms with E-state index in [-0.39, 0.29) is 10.8 Å². The fourth-order valence-electron chi connectivity index (χ4n) is 2.35. The molecule has 0 unspecified atom stereocenters. The van der Waals surface area contributed by atoms with Crippen LogP contribution < -0.4 is 10.0 Å². The van der Waals surface area contributed by atoms with Gasteiger partial charge in [0.15, 0.2) is 11.5 Å². The first kappa shape index (κ1) is 17.8. The molecule has 0 saturated carbocycles. The van der Waals surface area contributed by atoms with Gasteiger partial charge in [0.1, 0.15) is 5.52 Å². The van der Waals surface area contributed by atoms with E-state index in [9.17, 15) is 13.2 Å². The highest BCUT2D eigenvalue weighted by Gasteiger charge is 2.10. The predicted molar refractivity (Wildman–Crippen MR) is 99.1 cm³/mol. The number of benzene rings is 2. The summed E-state index contributed by atoms with van der Waals surface area (Å²) in [4.78, 5) is 16.4. The number of nitrogens with zero attached hydrogens (tertiary/aromatic N) is 1. The third kappa shape index (κ3) is 3.98. The second-order valence-electron chi connectivity index (χ2n) is 5.51. The normalized spacial score (nSPS) is 11.9. The minimum atomic E-state index is -3.47. The van der Waals surface area contributed by atoms with Crippen LogP contribution in [0.4, 0.5) is 5.69 Å². The number of hydrogen-bond donors (Lipinski definition) is 2. The lowest BCUT2D eigenvalue weighted by atomic mass is 10.2. The first-order valence-electron chi connectivity index (χ1n) is 7.77. The van der Waals surface area contributed by atoms with Crippen LogP contribution in [-0.4, -0.2) is 26.4 Å². The van der Waals surface area contributed by atoms with E-state index in [0.717, 1.165) is 0 Å². The summed E-state index contributed by atoms with van der Waals surface area (Å²) in [7, 11) is -2.12. The lowest BCUT2D eigenvalue weighted by molar-refractivity contribution is -0.111. The van der Waals surface area contributed by atoms with Gasteiger partial charge < -0.3 is 9.73 Å². The molecule has 3 rings (SSSR count). The van der Waals surface area contributed by atoms with Crippen molar-refractivity contribution in [2.45, 2.75) is 11.8 Å². The molecule has 7 nitrogen and oxygen atoms in total. The van der Waals surface area contributed by atoms with E-state index in [4.69, 9.17) is 4.42 Å². The Morgan fingerprint density at radius 1 is 1.15 bits per heavy atom. The maximum Gasteiger partial charge on any atom is 0.248 e. The van der Waals surface area contributed by atoms with E-state index in [2.05, 4.69) is 15.0 Å². The molecule has 2 aromatic carbocycles. The van der Waals surface area contributed by atoms with Crippen molar-refractivity contribution in [3.8, 4) is 0 Å². The van der Waals surface area contributed by atoms with Crippen LogP contribution >= 0.6 is 0 Å². The third-order valence-corrected chi connectivity index (χ3v) is 5.08. The number of carbonyl (C=O) groups is 1. The average molecular weight is 371 g/mol. The number of amides is 1. The summed E-state index contributed by atoms with van der Waals surface area (Å²) in [6.07, 6.45) is 2.98. The number of anilines is 1. The lowest BCUT2D eigenvalue weighted by Crippen LogP contribution is -2.18. The van der Waals surface area contributed by atoms with Crippen molar-refractivity contribution in [3.63, 3.8) is 0 Å². The number of aryl methyl sites for hydroxylation is 1. The van der Waals surface area contributed by atoms with Crippen molar-refractivity contribution in [2.24, 2.45) is 0 Å². The smallest absolute Gasteiger partial charge is 0.248 e. The molecule has 0 spiro atoms. The molecule has 0 aliphatic carbocycles. The zero-order chi connectivity index (χ0) is 18.7. The predicted octanol–water partition coefficient (Wildman–Crippen LogP) is 2.70. The Kier molecular flexibility index (Phi) is 4.88. The lowest BCUT2D eigenvalue weighted by Gasteiger charge is -2.03. The largest absolute Gasteiger partial charge is 0.441 e. The Morgan fingerprint density at radius 2 is 1.88 bits per heavy atom. The Hall–Kier alpha value is -2.97. The second kappa shape index (κ2) is 7.11. The number of hydrogen-bond acceptors (Lipinski definition) is 5. The Labute approximate surface area is 150 Å². The number of carbonyl (C=O) groups excluding carboxylic acids is 1. The Bertz CT molecular complexity index is 1080. The van der Waals surface area contributed by atoms with Crippen LogP contribution in [0.5, 0.6) is 0 Å². The summed E-state index contributed by atoms with van der Waals surface area (Å²) in [6.45, 7) is 1.76. The number of sulfonamides is 1. The van der Waals surface area contributed by atoms with Crippen LogP contribution in [0.1, 0.15) is 11.5 Å². The summed E-state index contributed by atoms with van der Waals surface area (Å²) in [5, 5.41) is 2.75. The van der Waals surface area contributed by atoms with Gasteiger partial charge in [0.05, 0.1) is 4.90 Å². The molecule has 0 fully saturated rings. The first-order chi connectivity index (χ1) is 12.4. The summed E-state index contributed by atoms with van der Waals surface area (Å²) in [6, 6.07) is 11.4. The van der Waals surface area contributed by atoms with Gasteiger partial charge in [-0.15, -0.1) is 0 Å². The molecular weight excluding hydrogens is 354 g/mol. The molecule has 3 aromatic rings. The highest BCUT2D eigenvalue weighted by atomic mass is 32.2. The molecule has 0 aliphatic heterocycles. The van der Waals surface area contributed by atoms with Gasteiger partial charge >= 0.3 is 0 Å². The van der Waals surface area contributed by atoms with E-state index in [1.54, 1.807) is 43.3 Å². The second-order valence-corrected chi connectivity index (χ2v) is 7.40. The van der Waals surface area contributed by atoms with Gasteiger partial charge in [-0.3, -0.25) is 4.79 Å². The molecule has 1 aromatic heterocycles. The highest BCUT2D eigenvalue weighted by Crippen LogP contribution is 2.19. The van der Waals surface area contributed by atoms with Crippen LogP contribution in [0.15, 0.2) is 57.9 Å². The summed E-state index contributed by atoms with van der Waals surface area (Å²) in [5.74, 6) is 0.253. The highest BCUT2D eigenvalue weighted by molar-refractivity contribution is 7.89. The number of rotatable bonds is 5. The Morgan fingerprint density at radius 3 is 2.58 bits per heavy atom. The van der Waals surface area contributed by atoms with Gasteiger partial charge in [0, 0.05) is 18.7 Å². The fourth-order valence-corrected chi connectivity index (χ4v) is 3.08. The zero-order valence-electron chi connectivity index (χ0n) is 14.2. The van der Waals surface area contributed by atoms with Crippen molar-refractivity contribution >= 4 is 38.8 Å². The maximum absolute atomic E-state index is 12.1. The molecule has 0 radical (unpaired) electrons. The van der Waals surface area contributed by atoms with Gasteiger partial charge in [-0.1, -0.05) is 12.1 Å². The molecule has 8 heteroatoms. The molecule has 0 aliphatic rings. The van der Waals surface area contributed by atoms with E-state index in [1.807, 2.05) is 0 Å². The van der Waals surface area contributed by atoms with Crippen LogP contribution in [0.25, 0.3) is 17.2 Å². The molecule has 1 heterocycles. The van der Waals surface area contributed by atoms with Gasteiger partial charge in [-0.05, 0) is 49.0 Å². The van der Waals surface area contributed by atoms with Gasteiger partial charge in [-0.2, -0.15) is 0 Å². The fraction of sp³-hybridized carbons (Fsp3) is 0.111.